The largest absolute Gasteiger partial charge is 0.497 e. The molecule has 1 aromatic carbocycles. The Morgan fingerprint density at radius 1 is 1.17 bits per heavy atom. The van der Waals surface area contributed by atoms with E-state index in [2.05, 4.69) is 0 Å². The van der Waals surface area contributed by atoms with E-state index < -0.39 is 0 Å². The molecule has 0 radical (unpaired) electrons. The number of esters is 1. The summed E-state index contributed by atoms with van der Waals surface area (Å²) in [6.45, 7) is 1.00. The Labute approximate surface area is 108 Å². The van der Waals surface area contributed by atoms with E-state index in [1.807, 2.05) is 24.3 Å². The first-order valence-electron chi connectivity index (χ1n) is 6.25. The molecule has 0 bridgehead atoms. The highest BCUT2D eigenvalue weighted by Crippen LogP contribution is 2.12. The van der Waals surface area contributed by atoms with Crippen molar-refractivity contribution in [3.8, 4) is 5.75 Å². The van der Waals surface area contributed by atoms with Crippen LogP contribution in [0, 0.1) is 0 Å². The van der Waals surface area contributed by atoms with Gasteiger partial charge in [-0.3, -0.25) is 4.79 Å². The van der Waals surface area contributed by atoms with E-state index in [4.69, 9.17) is 15.2 Å². The highest BCUT2D eigenvalue weighted by molar-refractivity contribution is 5.69. The molecule has 4 heteroatoms. The van der Waals surface area contributed by atoms with Crippen LogP contribution in [0.2, 0.25) is 0 Å². The molecule has 0 spiro atoms. The van der Waals surface area contributed by atoms with E-state index >= 15 is 0 Å². The minimum absolute atomic E-state index is 0.150. The van der Waals surface area contributed by atoms with Crippen LogP contribution in [0.15, 0.2) is 24.3 Å². The van der Waals surface area contributed by atoms with Gasteiger partial charge in [-0.15, -0.1) is 0 Å². The molecule has 18 heavy (non-hydrogen) atoms. The third-order valence-corrected chi connectivity index (χ3v) is 2.64. The summed E-state index contributed by atoms with van der Waals surface area (Å²) in [6.07, 6.45) is 3.26. The van der Waals surface area contributed by atoms with Crippen molar-refractivity contribution in [3.63, 3.8) is 0 Å². The third-order valence-electron chi connectivity index (χ3n) is 2.64. The van der Waals surface area contributed by atoms with E-state index in [-0.39, 0.29) is 5.97 Å². The predicted molar refractivity (Wildman–Crippen MR) is 70.3 cm³/mol. The number of unbranched alkanes of at least 4 members (excludes halogenated alkanes) is 2. The molecule has 0 saturated carbocycles. The molecule has 4 nitrogen and oxygen atoms in total. The zero-order valence-electron chi connectivity index (χ0n) is 10.9. The Morgan fingerprint density at radius 3 is 2.50 bits per heavy atom. The van der Waals surface area contributed by atoms with Gasteiger partial charge in [-0.05, 0) is 37.1 Å². The predicted octanol–water partition coefficient (Wildman–Crippen LogP) is 2.26. The fraction of sp³-hybridized carbons (Fsp3) is 0.500. The van der Waals surface area contributed by atoms with E-state index in [9.17, 15) is 4.79 Å². The fourth-order valence-corrected chi connectivity index (χ4v) is 1.55. The number of carbonyl (C=O) groups excluding carboxylic acids is 1. The molecule has 0 aliphatic carbocycles. The Kier molecular flexibility index (Phi) is 6.87. The van der Waals surface area contributed by atoms with E-state index in [1.165, 1.54) is 0 Å². The maximum Gasteiger partial charge on any atom is 0.306 e. The van der Waals surface area contributed by atoms with Crippen molar-refractivity contribution < 1.29 is 14.3 Å². The number of benzene rings is 1. The molecule has 0 aromatic heterocycles. The Morgan fingerprint density at radius 2 is 1.89 bits per heavy atom. The standard InChI is InChI=1S/C14H21NO3/c1-17-13-8-6-12(7-9-13)11-18-14(16)5-3-2-4-10-15/h6-9H,2-5,10-11,15H2,1H3. The normalized spacial score (nSPS) is 10.1. The van der Waals surface area contributed by atoms with Gasteiger partial charge in [0.1, 0.15) is 12.4 Å². The topological polar surface area (TPSA) is 61.5 Å². The first-order chi connectivity index (χ1) is 8.76. The molecule has 0 saturated heterocycles. The van der Waals surface area contributed by atoms with Crippen molar-refractivity contribution in [1.82, 2.24) is 0 Å². The van der Waals surface area contributed by atoms with Crippen LogP contribution in [-0.4, -0.2) is 19.6 Å². The quantitative estimate of drug-likeness (QED) is 0.568. The van der Waals surface area contributed by atoms with Crippen LogP contribution in [0.3, 0.4) is 0 Å². The van der Waals surface area contributed by atoms with Gasteiger partial charge in [0.25, 0.3) is 0 Å². The summed E-state index contributed by atoms with van der Waals surface area (Å²) in [5, 5.41) is 0. The number of methoxy groups -OCH3 is 1. The van der Waals surface area contributed by atoms with Crippen molar-refractivity contribution in [3.05, 3.63) is 29.8 Å². The van der Waals surface area contributed by atoms with Crippen molar-refractivity contribution in [2.45, 2.75) is 32.3 Å². The second kappa shape index (κ2) is 8.53. The SMILES string of the molecule is COc1ccc(COC(=O)CCCCCN)cc1. The number of nitrogens with two attached hydrogens (primary N) is 1. The lowest BCUT2D eigenvalue weighted by Gasteiger charge is -2.05. The second-order valence-corrected chi connectivity index (χ2v) is 4.11. The number of carbonyl (C=O) groups is 1. The monoisotopic (exact) mass is 251 g/mol. The molecular weight excluding hydrogens is 230 g/mol. The molecule has 0 amide bonds. The summed E-state index contributed by atoms with van der Waals surface area (Å²) in [5.41, 5.74) is 6.34. The molecular formula is C14H21NO3. The maximum absolute atomic E-state index is 11.4. The molecule has 0 heterocycles. The number of rotatable bonds is 8. The summed E-state index contributed by atoms with van der Waals surface area (Å²) < 4.78 is 10.2. The molecule has 0 atom stereocenters. The number of hydrogen-bond donors (Lipinski definition) is 1. The molecule has 0 unspecified atom stereocenters. The van der Waals surface area contributed by atoms with Crippen LogP contribution in [0.5, 0.6) is 5.75 Å². The summed E-state index contributed by atoms with van der Waals surface area (Å²) in [6, 6.07) is 7.48. The lowest BCUT2D eigenvalue weighted by molar-refractivity contribution is -0.145. The minimum Gasteiger partial charge on any atom is -0.497 e. The molecule has 0 aliphatic rings. The molecule has 0 fully saturated rings. The van der Waals surface area contributed by atoms with Crippen LogP contribution in [0.4, 0.5) is 0 Å². The van der Waals surface area contributed by atoms with Gasteiger partial charge < -0.3 is 15.2 Å². The molecule has 2 N–H and O–H groups in total. The van der Waals surface area contributed by atoms with E-state index in [0.29, 0.717) is 19.6 Å². The summed E-state index contributed by atoms with van der Waals surface area (Å²) in [4.78, 5) is 11.4. The summed E-state index contributed by atoms with van der Waals surface area (Å²) in [7, 11) is 1.62. The summed E-state index contributed by atoms with van der Waals surface area (Å²) >= 11 is 0. The van der Waals surface area contributed by atoms with Gasteiger partial charge in [-0.1, -0.05) is 18.6 Å². The lowest BCUT2D eigenvalue weighted by Crippen LogP contribution is -2.05. The van der Waals surface area contributed by atoms with E-state index in [0.717, 1.165) is 30.6 Å². The van der Waals surface area contributed by atoms with E-state index in [1.54, 1.807) is 7.11 Å². The van der Waals surface area contributed by atoms with Crippen LogP contribution in [-0.2, 0) is 16.1 Å². The molecule has 0 aliphatic heterocycles. The molecule has 1 rings (SSSR count). The van der Waals surface area contributed by atoms with Gasteiger partial charge in [-0.2, -0.15) is 0 Å². The smallest absolute Gasteiger partial charge is 0.306 e. The second-order valence-electron chi connectivity index (χ2n) is 4.11. The third kappa shape index (κ3) is 5.68. The summed E-state index contributed by atoms with van der Waals surface area (Å²) in [5.74, 6) is 0.648. The minimum atomic E-state index is -0.150. The van der Waals surface area contributed by atoms with Crippen molar-refractivity contribution in [2.24, 2.45) is 5.73 Å². The first kappa shape index (κ1) is 14.5. The van der Waals surface area contributed by atoms with Gasteiger partial charge in [0, 0.05) is 6.42 Å². The Balaban J connectivity index is 2.20. The van der Waals surface area contributed by atoms with Crippen LogP contribution >= 0.6 is 0 Å². The van der Waals surface area contributed by atoms with Crippen molar-refractivity contribution >= 4 is 5.97 Å². The van der Waals surface area contributed by atoms with Crippen LogP contribution in [0.25, 0.3) is 0 Å². The average Bonchev–Trinajstić information content (AvgIpc) is 2.42. The lowest BCUT2D eigenvalue weighted by atomic mass is 10.2. The van der Waals surface area contributed by atoms with Gasteiger partial charge in [0.05, 0.1) is 7.11 Å². The van der Waals surface area contributed by atoms with Crippen LogP contribution < -0.4 is 10.5 Å². The first-order valence-corrected chi connectivity index (χ1v) is 6.25. The molecule has 1 aromatic rings. The van der Waals surface area contributed by atoms with Gasteiger partial charge in [-0.25, -0.2) is 0 Å². The zero-order valence-corrected chi connectivity index (χ0v) is 10.9. The van der Waals surface area contributed by atoms with Crippen molar-refractivity contribution in [2.75, 3.05) is 13.7 Å². The number of ether oxygens (including phenoxy) is 2. The Hall–Kier alpha value is -1.55. The highest BCUT2D eigenvalue weighted by atomic mass is 16.5. The zero-order chi connectivity index (χ0) is 13.2. The average molecular weight is 251 g/mol. The fourth-order valence-electron chi connectivity index (χ4n) is 1.55. The van der Waals surface area contributed by atoms with Gasteiger partial charge >= 0.3 is 5.97 Å². The highest BCUT2D eigenvalue weighted by Gasteiger charge is 2.03. The molecule has 100 valence electrons. The van der Waals surface area contributed by atoms with Crippen LogP contribution in [0.1, 0.15) is 31.2 Å². The van der Waals surface area contributed by atoms with Crippen molar-refractivity contribution in [1.29, 1.82) is 0 Å². The number of hydrogen-bond acceptors (Lipinski definition) is 4. The maximum atomic E-state index is 11.4. The Bertz CT molecular complexity index is 349. The van der Waals surface area contributed by atoms with Gasteiger partial charge in [0.15, 0.2) is 0 Å². The van der Waals surface area contributed by atoms with Gasteiger partial charge in [0.2, 0.25) is 0 Å².